The molecule has 4 nitrogen and oxygen atoms in total. The van der Waals surface area contributed by atoms with E-state index in [4.69, 9.17) is 16.7 Å². The first kappa shape index (κ1) is 18.0. The summed E-state index contributed by atoms with van der Waals surface area (Å²) in [6.45, 7) is 4.52. The number of rotatable bonds is 3. The summed E-state index contributed by atoms with van der Waals surface area (Å²) < 4.78 is 0. The van der Waals surface area contributed by atoms with Gasteiger partial charge in [0.15, 0.2) is 0 Å². The van der Waals surface area contributed by atoms with E-state index in [2.05, 4.69) is 17.6 Å². The fraction of sp³-hybridized carbons (Fsp3) is 0.462. The lowest BCUT2D eigenvalue weighted by atomic mass is 10.1. The lowest BCUT2D eigenvalue weighted by Gasteiger charge is -2.00. The molecule has 1 aliphatic rings. The second kappa shape index (κ2) is 9.89. The van der Waals surface area contributed by atoms with Crippen molar-refractivity contribution in [3.8, 4) is 0 Å². The lowest BCUT2D eigenvalue weighted by Crippen LogP contribution is -2.16. The van der Waals surface area contributed by atoms with Crippen LogP contribution in [0.2, 0.25) is 5.02 Å². The number of carboxylic acids is 1. The molecule has 108 valence electrons. The van der Waals surface area contributed by atoms with Crippen LogP contribution >= 0.6 is 24.0 Å². The van der Waals surface area contributed by atoms with Crippen LogP contribution in [0.1, 0.15) is 13.3 Å². The quantitative estimate of drug-likeness (QED) is 0.803. The number of hydrogen-bond donors (Lipinski definition) is 3. The maximum absolute atomic E-state index is 10.2. The highest BCUT2D eigenvalue weighted by Gasteiger charge is 2.20. The van der Waals surface area contributed by atoms with E-state index in [9.17, 15) is 4.79 Å². The lowest BCUT2D eigenvalue weighted by molar-refractivity contribution is -0.140. The zero-order chi connectivity index (χ0) is 13.4. The van der Waals surface area contributed by atoms with Crippen LogP contribution < -0.4 is 10.6 Å². The molecule has 1 atom stereocenters. The molecule has 0 amide bonds. The second-order valence-electron chi connectivity index (χ2n) is 4.07. The summed E-state index contributed by atoms with van der Waals surface area (Å²) in [5, 5.41) is 15.3. The van der Waals surface area contributed by atoms with Gasteiger partial charge < -0.3 is 15.7 Å². The minimum atomic E-state index is -0.671. The molecular weight excluding hydrogens is 287 g/mol. The normalized spacial score (nSPS) is 16.8. The Morgan fingerprint density at radius 3 is 2.47 bits per heavy atom. The highest BCUT2D eigenvalue weighted by Crippen LogP contribution is 2.12. The van der Waals surface area contributed by atoms with Gasteiger partial charge in [-0.25, -0.2) is 0 Å². The molecule has 0 saturated carbocycles. The molecule has 1 aliphatic heterocycles. The molecule has 0 aliphatic carbocycles. The van der Waals surface area contributed by atoms with Gasteiger partial charge in [-0.05, 0) is 44.2 Å². The molecule has 1 aromatic carbocycles. The van der Waals surface area contributed by atoms with Crippen molar-refractivity contribution in [3.05, 3.63) is 29.3 Å². The first-order valence-electron chi connectivity index (χ1n) is 6.06. The predicted octanol–water partition coefficient (Wildman–Crippen LogP) is 2.87. The number of nitrogens with one attached hydrogen (secondary N) is 2. The van der Waals surface area contributed by atoms with E-state index in [0.717, 1.165) is 30.2 Å². The summed E-state index contributed by atoms with van der Waals surface area (Å²) in [4.78, 5) is 10.2. The molecule has 6 heteroatoms. The maximum Gasteiger partial charge on any atom is 0.307 e. The Hall–Kier alpha value is -0.970. The number of benzene rings is 1. The van der Waals surface area contributed by atoms with Crippen LogP contribution in [0.3, 0.4) is 0 Å². The largest absolute Gasteiger partial charge is 0.481 e. The summed E-state index contributed by atoms with van der Waals surface area (Å²) >= 11 is 5.68. The number of halogens is 2. The second-order valence-corrected chi connectivity index (χ2v) is 4.50. The van der Waals surface area contributed by atoms with Crippen molar-refractivity contribution in [3.63, 3.8) is 0 Å². The summed E-state index contributed by atoms with van der Waals surface area (Å²) in [7, 11) is 0. The van der Waals surface area contributed by atoms with Crippen molar-refractivity contribution in [2.45, 2.75) is 13.3 Å². The van der Waals surface area contributed by atoms with Crippen molar-refractivity contribution in [2.75, 3.05) is 25.0 Å². The van der Waals surface area contributed by atoms with Crippen LogP contribution in [0.25, 0.3) is 0 Å². The monoisotopic (exact) mass is 306 g/mol. The first-order valence-corrected chi connectivity index (χ1v) is 6.44. The Kier molecular flexibility index (Phi) is 9.39. The minimum Gasteiger partial charge on any atom is -0.481 e. The Morgan fingerprint density at radius 1 is 1.47 bits per heavy atom. The third-order valence-corrected chi connectivity index (χ3v) is 2.89. The van der Waals surface area contributed by atoms with Gasteiger partial charge in [-0.2, -0.15) is 0 Å². The Labute approximate surface area is 124 Å². The van der Waals surface area contributed by atoms with Crippen LogP contribution in [0.4, 0.5) is 5.69 Å². The van der Waals surface area contributed by atoms with Crippen molar-refractivity contribution >= 4 is 35.7 Å². The molecular formula is C13H20Cl2N2O2. The molecule has 0 spiro atoms. The van der Waals surface area contributed by atoms with E-state index in [1.807, 2.05) is 24.3 Å². The molecule has 0 bridgehead atoms. The van der Waals surface area contributed by atoms with Gasteiger partial charge in [-0.15, -0.1) is 12.4 Å². The summed E-state index contributed by atoms with van der Waals surface area (Å²) in [6, 6.07) is 7.68. The maximum atomic E-state index is 10.2. The fourth-order valence-electron chi connectivity index (χ4n) is 1.64. The highest BCUT2D eigenvalue weighted by molar-refractivity contribution is 6.30. The fourth-order valence-corrected chi connectivity index (χ4v) is 1.76. The summed E-state index contributed by atoms with van der Waals surface area (Å²) in [5.41, 5.74) is 1.12. The average Bonchev–Trinajstić information content (AvgIpc) is 2.87. The Morgan fingerprint density at radius 2 is 2.11 bits per heavy atom. The van der Waals surface area contributed by atoms with Crippen LogP contribution in [0.15, 0.2) is 24.3 Å². The third-order valence-electron chi connectivity index (χ3n) is 2.63. The number of carboxylic acid groups (broad SMARTS) is 1. The van der Waals surface area contributed by atoms with Crippen molar-refractivity contribution in [1.82, 2.24) is 5.32 Å². The first-order chi connectivity index (χ1) is 8.63. The van der Waals surface area contributed by atoms with Crippen LogP contribution in [0.5, 0.6) is 0 Å². The van der Waals surface area contributed by atoms with Gasteiger partial charge in [0.1, 0.15) is 0 Å². The molecule has 1 fully saturated rings. The predicted molar refractivity (Wildman–Crippen MR) is 81.5 cm³/mol. The standard InChI is InChI=1S/C8H10ClN.C5H9NO2.ClH/c1-2-10-8-5-3-7(9)4-6-8;7-5(8)4-1-2-6-3-4;/h3-6,10H,2H2,1H3;4,6H,1-3H2,(H,7,8);1H. The van der Waals surface area contributed by atoms with E-state index >= 15 is 0 Å². The minimum absolute atomic E-state index is 0. The van der Waals surface area contributed by atoms with Gasteiger partial charge in [-0.1, -0.05) is 11.6 Å². The molecule has 3 N–H and O–H groups in total. The van der Waals surface area contributed by atoms with E-state index in [0.29, 0.717) is 6.54 Å². The van der Waals surface area contributed by atoms with E-state index in [-0.39, 0.29) is 18.3 Å². The van der Waals surface area contributed by atoms with Crippen LogP contribution in [-0.2, 0) is 4.79 Å². The Balaban J connectivity index is 0.000000331. The van der Waals surface area contributed by atoms with Gasteiger partial charge in [-0.3, -0.25) is 4.79 Å². The summed E-state index contributed by atoms with van der Waals surface area (Å²) in [6.07, 6.45) is 0.787. The van der Waals surface area contributed by atoms with E-state index in [1.165, 1.54) is 0 Å². The number of hydrogen-bond acceptors (Lipinski definition) is 3. The van der Waals surface area contributed by atoms with Gasteiger partial charge in [0.2, 0.25) is 0 Å². The molecule has 1 saturated heterocycles. The van der Waals surface area contributed by atoms with Crippen molar-refractivity contribution in [1.29, 1.82) is 0 Å². The highest BCUT2D eigenvalue weighted by atomic mass is 35.5. The molecule has 2 rings (SSSR count). The number of aliphatic carboxylic acids is 1. The number of anilines is 1. The van der Waals surface area contributed by atoms with E-state index in [1.54, 1.807) is 0 Å². The van der Waals surface area contributed by atoms with Gasteiger partial charge in [0.05, 0.1) is 5.92 Å². The molecule has 1 heterocycles. The summed E-state index contributed by atoms with van der Waals surface area (Å²) in [5.74, 6) is -0.801. The topological polar surface area (TPSA) is 61.4 Å². The SMILES string of the molecule is CCNc1ccc(Cl)cc1.Cl.O=C(O)C1CCNC1. The molecule has 1 aromatic rings. The zero-order valence-electron chi connectivity index (χ0n) is 10.9. The Bertz CT molecular complexity index is 365. The molecule has 0 aromatic heterocycles. The molecule has 1 unspecified atom stereocenters. The smallest absolute Gasteiger partial charge is 0.307 e. The molecule has 19 heavy (non-hydrogen) atoms. The number of carbonyl (C=O) groups is 1. The molecule has 0 radical (unpaired) electrons. The average molecular weight is 307 g/mol. The zero-order valence-corrected chi connectivity index (χ0v) is 12.4. The van der Waals surface area contributed by atoms with E-state index < -0.39 is 5.97 Å². The van der Waals surface area contributed by atoms with Crippen LogP contribution in [-0.4, -0.2) is 30.7 Å². The van der Waals surface area contributed by atoms with Gasteiger partial charge in [0.25, 0.3) is 0 Å². The van der Waals surface area contributed by atoms with Crippen molar-refractivity contribution < 1.29 is 9.90 Å². The van der Waals surface area contributed by atoms with Gasteiger partial charge >= 0.3 is 5.97 Å². The van der Waals surface area contributed by atoms with Crippen molar-refractivity contribution in [2.24, 2.45) is 5.92 Å². The third kappa shape index (κ3) is 7.25. The van der Waals surface area contributed by atoms with Crippen LogP contribution in [0, 0.1) is 5.92 Å². The van der Waals surface area contributed by atoms with Gasteiger partial charge in [0, 0.05) is 23.8 Å².